The van der Waals surface area contributed by atoms with Crippen molar-refractivity contribution in [1.29, 1.82) is 0 Å². The highest BCUT2D eigenvalue weighted by atomic mass is 19.1. The standard InChI is InChI=1S/C17H17FN2O/c18-15-9-8-12(19)10-14(15)17(21)20-16-7-3-5-11-4-1-2-6-13(11)16/h3,5,7-10H,1-2,4,6,19H2,(H,20,21). The van der Waals surface area contributed by atoms with Gasteiger partial charge in [0.1, 0.15) is 5.82 Å². The summed E-state index contributed by atoms with van der Waals surface area (Å²) in [7, 11) is 0. The molecule has 1 amide bonds. The maximum Gasteiger partial charge on any atom is 0.258 e. The second kappa shape index (κ2) is 5.56. The Labute approximate surface area is 123 Å². The Kier molecular flexibility index (Phi) is 3.60. The monoisotopic (exact) mass is 284 g/mol. The topological polar surface area (TPSA) is 55.1 Å². The van der Waals surface area contributed by atoms with E-state index in [9.17, 15) is 9.18 Å². The number of anilines is 2. The van der Waals surface area contributed by atoms with Gasteiger partial charge in [0, 0.05) is 11.4 Å². The normalized spacial score (nSPS) is 13.6. The Morgan fingerprint density at radius 3 is 2.81 bits per heavy atom. The molecule has 0 heterocycles. The molecule has 0 aliphatic heterocycles. The van der Waals surface area contributed by atoms with Gasteiger partial charge in [-0.2, -0.15) is 0 Å². The highest BCUT2D eigenvalue weighted by Gasteiger charge is 2.17. The Morgan fingerprint density at radius 1 is 1.14 bits per heavy atom. The zero-order chi connectivity index (χ0) is 14.8. The number of nitrogen functional groups attached to an aromatic ring is 1. The van der Waals surface area contributed by atoms with Crippen molar-refractivity contribution >= 4 is 17.3 Å². The zero-order valence-electron chi connectivity index (χ0n) is 11.7. The molecule has 21 heavy (non-hydrogen) atoms. The van der Waals surface area contributed by atoms with E-state index in [0.717, 1.165) is 24.9 Å². The molecule has 2 aromatic rings. The van der Waals surface area contributed by atoms with Crippen molar-refractivity contribution in [1.82, 2.24) is 0 Å². The number of hydrogen-bond acceptors (Lipinski definition) is 2. The summed E-state index contributed by atoms with van der Waals surface area (Å²) in [5, 5.41) is 2.82. The number of amides is 1. The molecule has 3 rings (SSSR count). The molecular formula is C17H17FN2O. The Morgan fingerprint density at radius 2 is 1.95 bits per heavy atom. The van der Waals surface area contributed by atoms with Crippen LogP contribution in [0.2, 0.25) is 0 Å². The smallest absolute Gasteiger partial charge is 0.258 e. The predicted molar refractivity (Wildman–Crippen MR) is 81.8 cm³/mol. The number of fused-ring (bicyclic) bond motifs is 1. The molecule has 0 bridgehead atoms. The van der Waals surface area contributed by atoms with Gasteiger partial charge >= 0.3 is 0 Å². The van der Waals surface area contributed by atoms with Crippen molar-refractivity contribution in [3.63, 3.8) is 0 Å². The van der Waals surface area contributed by atoms with E-state index in [4.69, 9.17) is 5.73 Å². The van der Waals surface area contributed by atoms with Gasteiger partial charge in [0.25, 0.3) is 5.91 Å². The van der Waals surface area contributed by atoms with Crippen LogP contribution in [0.4, 0.5) is 15.8 Å². The molecule has 0 radical (unpaired) electrons. The van der Waals surface area contributed by atoms with Gasteiger partial charge in [0.2, 0.25) is 0 Å². The first-order chi connectivity index (χ1) is 10.1. The largest absolute Gasteiger partial charge is 0.399 e. The lowest BCUT2D eigenvalue weighted by atomic mass is 9.90. The molecule has 0 saturated carbocycles. The highest BCUT2D eigenvalue weighted by Crippen LogP contribution is 2.28. The zero-order valence-corrected chi connectivity index (χ0v) is 11.7. The lowest BCUT2D eigenvalue weighted by molar-refractivity contribution is 0.102. The summed E-state index contributed by atoms with van der Waals surface area (Å²) >= 11 is 0. The fourth-order valence-electron chi connectivity index (χ4n) is 2.80. The van der Waals surface area contributed by atoms with Crippen LogP contribution in [0.25, 0.3) is 0 Å². The summed E-state index contributed by atoms with van der Waals surface area (Å²) in [6.07, 6.45) is 4.28. The van der Waals surface area contributed by atoms with Crippen LogP contribution in [0.1, 0.15) is 34.3 Å². The second-order valence-corrected chi connectivity index (χ2v) is 5.34. The van der Waals surface area contributed by atoms with Crippen molar-refractivity contribution < 1.29 is 9.18 Å². The maximum absolute atomic E-state index is 13.7. The minimum Gasteiger partial charge on any atom is -0.399 e. The molecule has 0 spiro atoms. The number of halogens is 1. The molecule has 1 aliphatic rings. The quantitative estimate of drug-likeness (QED) is 0.829. The number of hydrogen-bond donors (Lipinski definition) is 2. The summed E-state index contributed by atoms with van der Waals surface area (Å²) in [4.78, 5) is 12.3. The summed E-state index contributed by atoms with van der Waals surface area (Å²) in [5.41, 5.74) is 9.19. The fourth-order valence-corrected chi connectivity index (χ4v) is 2.80. The molecule has 4 heteroatoms. The van der Waals surface area contributed by atoms with Crippen LogP contribution in [-0.4, -0.2) is 5.91 Å². The lowest BCUT2D eigenvalue weighted by Gasteiger charge is -2.19. The third-order valence-corrected chi connectivity index (χ3v) is 3.88. The van der Waals surface area contributed by atoms with Crippen molar-refractivity contribution in [3.8, 4) is 0 Å². The van der Waals surface area contributed by atoms with E-state index in [0.29, 0.717) is 5.69 Å². The minimum absolute atomic E-state index is 0.0246. The van der Waals surface area contributed by atoms with Crippen LogP contribution < -0.4 is 11.1 Å². The van der Waals surface area contributed by atoms with Crippen LogP contribution in [0.5, 0.6) is 0 Å². The van der Waals surface area contributed by atoms with E-state index in [2.05, 4.69) is 11.4 Å². The van der Waals surface area contributed by atoms with E-state index in [1.165, 1.54) is 35.7 Å². The van der Waals surface area contributed by atoms with E-state index in [1.54, 1.807) is 0 Å². The molecule has 3 N–H and O–H groups in total. The Hall–Kier alpha value is -2.36. The highest BCUT2D eigenvalue weighted by molar-refractivity contribution is 6.05. The lowest BCUT2D eigenvalue weighted by Crippen LogP contribution is -2.17. The number of nitrogens with two attached hydrogens (primary N) is 1. The average Bonchev–Trinajstić information content (AvgIpc) is 2.50. The van der Waals surface area contributed by atoms with E-state index >= 15 is 0 Å². The van der Waals surface area contributed by atoms with Gasteiger partial charge in [-0.3, -0.25) is 4.79 Å². The molecule has 0 fully saturated rings. The third kappa shape index (κ3) is 2.75. The molecule has 1 aliphatic carbocycles. The Bertz CT molecular complexity index is 697. The number of nitrogens with one attached hydrogen (secondary N) is 1. The first-order valence-corrected chi connectivity index (χ1v) is 7.12. The number of carbonyl (C=O) groups excluding carboxylic acids is 1. The third-order valence-electron chi connectivity index (χ3n) is 3.88. The summed E-state index contributed by atoms with van der Waals surface area (Å²) in [6.45, 7) is 0. The predicted octanol–water partition coefficient (Wildman–Crippen LogP) is 3.54. The molecular weight excluding hydrogens is 267 g/mol. The molecule has 3 nitrogen and oxygen atoms in total. The summed E-state index contributed by atoms with van der Waals surface area (Å²) < 4.78 is 13.7. The molecule has 0 atom stereocenters. The average molecular weight is 284 g/mol. The molecule has 2 aromatic carbocycles. The van der Waals surface area contributed by atoms with Crippen LogP contribution in [0.3, 0.4) is 0 Å². The maximum atomic E-state index is 13.7. The number of aryl methyl sites for hydroxylation is 1. The second-order valence-electron chi connectivity index (χ2n) is 5.34. The van der Waals surface area contributed by atoms with Crippen molar-refractivity contribution in [3.05, 3.63) is 58.9 Å². The van der Waals surface area contributed by atoms with Gasteiger partial charge in [0.05, 0.1) is 5.56 Å². The number of benzene rings is 2. The molecule has 0 unspecified atom stereocenters. The van der Waals surface area contributed by atoms with Gasteiger partial charge in [-0.25, -0.2) is 4.39 Å². The van der Waals surface area contributed by atoms with Gasteiger partial charge in [-0.15, -0.1) is 0 Å². The van der Waals surface area contributed by atoms with Gasteiger partial charge in [-0.1, -0.05) is 12.1 Å². The summed E-state index contributed by atoms with van der Waals surface area (Å²) in [5.74, 6) is -1.02. The Balaban J connectivity index is 1.90. The summed E-state index contributed by atoms with van der Waals surface area (Å²) in [6, 6.07) is 9.90. The first kappa shape index (κ1) is 13.6. The van der Waals surface area contributed by atoms with E-state index < -0.39 is 11.7 Å². The van der Waals surface area contributed by atoms with Crippen molar-refractivity contribution in [2.75, 3.05) is 11.1 Å². The van der Waals surface area contributed by atoms with E-state index in [1.807, 2.05) is 12.1 Å². The van der Waals surface area contributed by atoms with Crippen LogP contribution in [-0.2, 0) is 12.8 Å². The first-order valence-electron chi connectivity index (χ1n) is 7.12. The van der Waals surface area contributed by atoms with Gasteiger partial charge in [0.15, 0.2) is 0 Å². The minimum atomic E-state index is -0.563. The molecule has 108 valence electrons. The van der Waals surface area contributed by atoms with Crippen molar-refractivity contribution in [2.45, 2.75) is 25.7 Å². The van der Waals surface area contributed by atoms with Crippen molar-refractivity contribution in [2.24, 2.45) is 0 Å². The molecule has 0 aromatic heterocycles. The van der Waals surface area contributed by atoms with E-state index in [-0.39, 0.29) is 5.56 Å². The number of rotatable bonds is 2. The van der Waals surface area contributed by atoms with Crippen LogP contribution in [0.15, 0.2) is 36.4 Å². The molecule has 0 saturated heterocycles. The SMILES string of the molecule is Nc1ccc(F)c(C(=O)Nc2cccc3c2CCCC3)c1. The van der Waals surface area contributed by atoms with Gasteiger partial charge in [-0.05, 0) is 61.1 Å². The number of carbonyl (C=O) groups is 1. The fraction of sp³-hybridized carbons (Fsp3) is 0.235. The van der Waals surface area contributed by atoms with Gasteiger partial charge < -0.3 is 11.1 Å². The van der Waals surface area contributed by atoms with Crippen LogP contribution >= 0.6 is 0 Å². The van der Waals surface area contributed by atoms with Crippen LogP contribution in [0, 0.1) is 5.82 Å².